The SMILES string of the molecule is CCOc1ccc([C@H](Br)C=O)cc1. The Hall–Kier alpha value is -0.830. The van der Waals surface area contributed by atoms with E-state index in [4.69, 9.17) is 4.74 Å². The monoisotopic (exact) mass is 242 g/mol. The Kier molecular flexibility index (Phi) is 3.96. The van der Waals surface area contributed by atoms with Crippen LogP contribution >= 0.6 is 15.9 Å². The van der Waals surface area contributed by atoms with Crippen LogP contribution in [0.15, 0.2) is 24.3 Å². The summed E-state index contributed by atoms with van der Waals surface area (Å²) in [6.45, 7) is 2.59. The normalized spacial score (nSPS) is 12.2. The molecule has 1 atom stereocenters. The average Bonchev–Trinajstić information content (AvgIpc) is 2.18. The van der Waals surface area contributed by atoms with Gasteiger partial charge in [0.15, 0.2) is 0 Å². The number of carbonyl (C=O) groups is 1. The fourth-order valence-corrected chi connectivity index (χ4v) is 1.30. The Bertz CT molecular complexity index is 269. The van der Waals surface area contributed by atoms with E-state index in [-0.39, 0.29) is 4.83 Å². The van der Waals surface area contributed by atoms with Crippen molar-refractivity contribution in [2.24, 2.45) is 0 Å². The van der Waals surface area contributed by atoms with Gasteiger partial charge in [-0.05, 0) is 24.6 Å². The van der Waals surface area contributed by atoms with Crippen molar-refractivity contribution in [3.05, 3.63) is 29.8 Å². The summed E-state index contributed by atoms with van der Waals surface area (Å²) in [6, 6.07) is 7.46. The summed E-state index contributed by atoms with van der Waals surface area (Å²) >= 11 is 3.24. The van der Waals surface area contributed by atoms with Gasteiger partial charge in [-0.1, -0.05) is 28.1 Å². The van der Waals surface area contributed by atoms with Crippen LogP contribution < -0.4 is 4.74 Å². The second kappa shape index (κ2) is 5.02. The predicted molar refractivity (Wildman–Crippen MR) is 55.3 cm³/mol. The van der Waals surface area contributed by atoms with Crippen LogP contribution in [0.2, 0.25) is 0 Å². The van der Waals surface area contributed by atoms with Gasteiger partial charge in [-0.2, -0.15) is 0 Å². The molecule has 0 aromatic heterocycles. The van der Waals surface area contributed by atoms with Gasteiger partial charge in [0.2, 0.25) is 0 Å². The molecule has 1 rings (SSSR count). The molecule has 0 saturated carbocycles. The largest absolute Gasteiger partial charge is 0.494 e. The van der Waals surface area contributed by atoms with E-state index in [1.54, 1.807) is 0 Å². The smallest absolute Gasteiger partial charge is 0.138 e. The first kappa shape index (κ1) is 10.3. The van der Waals surface area contributed by atoms with Gasteiger partial charge in [0.05, 0.1) is 11.4 Å². The maximum Gasteiger partial charge on any atom is 0.138 e. The average molecular weight is 243 g/mol. The minimum absolute atomic E-state index is 0.219. The molecule has 1 aromatic carbocycles. The van der Waals surface area contributed by atoms with Crippen molar-refractivity contribution in [2.45, 2.75) is 11.8 Å². The van der Waals surface area contributed by atoms with E-state index in [0.717, 1.165) is 17.6 Å². The van der Waals surface area contributed by atoms with E-state index < -0.39 is 0 Å². The van der Waals surface area contributed by atoms with Crippen molar-refractivity contribution in [2.75, 3.05) is 6.61 Å². The zero-order valence-electron chi connectivity index (χ0n) is 7.37. The summed E-state index contributed by atoms with van der Waals surface area (Å²) in [4.78, 5) is 10.2. The van der Waals surface area contributed by atoms with Gasteiger partial charge in [-0.15, -0.1) is 0 Å². The van der Waals surface area contributed by atoms with Crippen LogP contribution in [0.4, 0.5) is 0 Å². The molecule has 13 heavy (non-hydrogen) atoms. The van der Waals surface area contributed by atoms with Gasteiger partial charge in [0, 0.05) is 0 Å². The summed E-state index contributed by atoms with van der Waals surface area (Å²) in [5.74, 6) is 0.830. The maximum atomic E-state index is 10.4. The first-order valence-corrected chi connectivity index (χ1v) is 5.01. The zero-order valence-corrected chi connectivity index (χ0v) is 8.95. The Labute approximate surface area is 86.0 Å². The lowest BCUT2D eigenvalue weighted by Gasteiger charge is -2.05. The van der Waals surface area contributed by atoms with Gasteiger partial charge in [0.1, 0.15) is 12.0 Å². The third kappa shape index (κ3) is 2.84. The third-order valence-corrected chi connectivity index (χ3v) is 2.37. The topological polar surface area (TPSA) is 26.3 Å². The lowest BCUT2D eigenvalue weighted by atomic mass is 10.2. The van der Waals surface area contributed by atoms with Crippen molar-refractivity contribution >= 4 is 22.2 Å². The van der Waals surface area contributed by atoms with Gasteiger partial charge >= 0.3 is 0 Å². The Morgan fingerprint density at radius 1 is 1.46 bits per heavy atom. The molecule has 1 aromatic rings. The lowest BCUT2D eigenvalue weighted by Crippen LogP contribution is -1.93. The summed E-state index contributed by atoms with van der Waals surface area (Å²) in [7, 11) is 0. The molecule has 2 nitrogen and oxygen atoms in total. The summed E-state index contributed by atoms with van der Waals surface area (Å²) in [5, 5.41) is 0. The second-order valence-corrected chi connectivity index (χ2v) is 3.53. The number of ether oxygens (including phenoxy) is 1. The molecule has 0 saturated heterocycles. The quantitative estimate of drug-likeness (QED) is 0.600. The molecule has 3 heteroatoms. The Morgan fingerprint density at radius 3 is 2.54 bits per heavy atom. The van der Waals surface area contributed by atoms with Gasteiger partial charge in [0.25, 0.3) is 0 Å². The van der Waals surface area contributed by atoms with E-state index in [2.05, 4.69) is 15.9 Å². The molecule has 0 amide bonds. The molecule has 0 unspecified atom stereocenters. The number of halogens is 1. The van der Waals surface area contributed by atoms with E-state index in [1.165, 1.54) is 0 Å². The van der Waals surface area contributed by atoms with Crippen molar-refractivity contribution in [3.63, 3.8) is 0 Å². The number of carbonyl (C=O) groups excluding carboxylic acids is 1. The van der Waals surface area contributed by atoms with Gasteiger partial charge < -0.3 is 9.53 Å². The fourth-order valence-electron chi connectivity index (χ4n) is 0.993. The standard InChI is InChI=1S/C10H11BrO2/c1-2-13-9-5-3-8(4-6-9)10(11)7-12/h3-7,10H,2H2,1H3/t10-/m1/s1. The second-order valence-electron chi connectivity index (χ2n) is 2.54. The van der Waals surface area contributed by atoms with E-state index in [1.807, 2.05) is 31.2 Å². The van der Waals surface area contributed by atoms with Crippen LogP contribution in [-0.2, 0) is 4.79 Å². The van der Waals surface area contributed by atoms with Gasteiger partial charge in [-0.3, -0.25) is 0 Å². The fraction of sp³-hybridized carbons (Fsp3) is 0.300. The van der Waals surface area contributed by atoms with Gasteiger partial charge in [-0.25, -0.2) is 0 Å². The minimum Gasteiger partial charge on any atom is -0.494 e. The predicted octanol–water partition coefficient (Wildman–Crippen LogP) is 2.72. The van der Waals surface area contributed by atoms with Crippen molar-refractivity contribution in [3.8, 4) is 5.75 Å². The van der Waals surface area contributed by atoms with Crippen LogP contribution in [0, 0.1) is 0 Å². The Balaban J connectivity index is 2.74. The molecule has 0 bridgehead atoms. The molecule has 0 spiro atoms. The van der Waals surface area contributed by atoms with Crippen molar-refractivity contribution < 1.29 is 9.53 Å². The van der Waals surface area contributed by atoms with Crippen LogP contribution in [0.1, 0.15) is 17.3 Å². The van der Waals surface area contributed by atoms with E-state index in [9.17, 15) is 4.79 Å². The van der Waals surface area contributed by atoms with Crippen LogP contribution in [-0.4, -0.2) is 12.9 Å². The summed E-state index contributed by atoms with van der Waals surface area (Å²) in [5.41, 5.74) is 0.943. The van der Waals surface area contributed by atoms with Crippen molar-refractivity contribution in [1.82, 2.24) is 0 Å². The van der Waals surface area contributed by atoms with Crippen LogP contribution in [0.5, 0.6) is 5.75 Å². The maximum absolute atomic E-state index is 10.4. The molecule has 0 N–H and O–H groups in total. The number of alkyl halides is 1. The highest BCUT2D eigenvalue weighted by Crippen LogP contribution is 2.22. The first-order valence-electron chi connectivity index (χ1n) is 4.10. The zero-order chi connectivity index (χ0) is 9.68. The first-order chi connectivity index (χ1) is 6.27. The highest BCUT2D eigenvalue weighted by Gasteiger charge is 2.04. The molecule has 70 valence electrons. The molecule has 0 aliphatic rings. The molecule has 0 aliphatic heterocycles. The number of hydrogen-bond donors (Lipinski definition) is 0. The highest BCUT2D eigenvalue weighted by molar-refractivity contribution is 9.09. The lowest BCUT2D eigenvalue weighted by molar-refractivity contribution is -0.107. The highest BCUT2D eigenvalue weighted by atomic mass is 79.9. The number of aldehydes is 1. The van der Waals surface area contributed by atoms with E-state index >= 15 is 0 Å². The molecular formula is C10H11BrO2. The number of hydrogen-bond acceptors (Lipinski definition) is 2. The molecule has 0 heterocycles. The molecule has 0 aliphatic carbocycles. The molecule has 0 fully saturated rings. The summed E-state index contributed by atoms with van der Waals surface area (Å²) in [6.07, 6.45) is 0.857. The van der Waals surface area contributed by atoms with Crippen molar-refractivity contribution in [1.29, 1.82) is 0 Å². The van der Waals surface area contributed by atoms with Crippen LogP contribution in [0.3, 0.4) is 0 Å². The number of rotatable bonds is 4. The van der Waals surface area contributed by atoms with Crippen LogP contribution in [0.25, 0.3) is 0 Å². The van der Waals surface area contributed by atoms with E-state index in [0.29, 0.717) is 6.61 Å². The summed E-state index contributed by atoms with van der Waals surface area (Å²) < 4.78 is 5.27. The number of benzene rings is 1. The molecule has 0 radical (unpaired) electrons. The minimum atomic E-state index is -0.219. The Morgan fingerprint density at radius 2 is 2.08 bits per heavy atom. The third-order valence-electron chi connectivity index (χ3n) is 1.63. The molecular weight excluding hydrogens is 232 g/mol.